The van der Waals surface area contributed by atoms with Crippen LogP contribution in [0.2, 0.25) is 0 Å². The highest BCUT2D eigenvalue weighted by Gasteiger charge is 2.47. The van der Waals surface area contributed by atoms with E-state index < -0.39 is 0 Å². The molecule has 2 aliphatic carbocycles. The molecule has 1 fully saturated rings. The zero-order chi connectivity index (χ0) is 21.7. The second-order valence-electron chi connectivity index (χ2n) is 9.00. The Labute approximate surface area is 187 Å². The number of nitrogens with one attached hydrogen (secondary N) is 1. The molecule has 160 valence electrons. The van der Waals surface area contributed by atoms with Crippen molar-refractivity contribution in [3.05, 3.63) is 89.5 Å². The minimum Gasteiger partial charge on any atom is -0.325 e. The van der Waals surface area contributed by atoms with Gasteiger partial charge in [-0.05, 0) is 48.8 Å². The van der Waals surface area contributed by atoms with E-state index >= 15 is 0 Å². The number of hydrogen-bond acceptors (Lipinski definition) is 3. The molecule has 3 aromatic carbocycles. The molecule has 32 heavy (non-hydrogen) atoms. The van der Waals surface area contributed by atoms with Crippen molar-refractivity contribution in [3.63, 3.8) is 0 Å². The molecule has 0 spiro atoms. The van der Waals surface area contributed by atoms with E-state index in [4.69, 9.17) is 0 Å². The first-order chi connectivity index (χ1) is 15.7. The lowest BCUT2D eigenvalue weighted by molar-refractivity contribution is -0.117. The number of rotatable bonds is 5. The van der Waals surface area contributed by atoms with Crippen LogP contribution in [0.3, 0.4) is 0 Å². The fraction of sp³-hybridized carbons (Fsp3) is 0.296. The summed E-state index contributed by atoms with van der Waals surface area (Å²) in [4.78, 5) is 13.0. The minimum absolute atomic E-state index is 0.0444. The van der Waals surface area contributed by atoms with Gasteiger partial charge in [0.05, 0.1) is 0 Å². The van der Waals surface area contributed by atoms with Crippen LogP contribution in [0.1, 0.15) is 48.0 Å². The minimum atomic E-state index is -0.0444. The highest BCUT2D eigenvalue weighted by molar-refractivity contribution is 6.03. The number of nitrogens with zero attached hydrogens (tertiary/aromatic N) is 3. The standard InChI is InChI=1S/C27H26N4O/c1-2-31-25(20-14-18-9-3-4-10-19(18)15-20)29-30-26(31)22-16-23(22)27(32)28-24-13-7-11-17-8-5-6-12-21(17)24/h3-13,20,22-23H,2,14-16H2,1H3,(H,28,32)/t22-,23-/m0/s1. The summed E-state index contributed by atoms with van der Waals surface area (Å²) >= 11 is 0. The Kier molecular flexibility index (Phi) is 4.56. The number of aromatic nitrogens is 3. The number of amides is 1. The molecule has 1 saturated carbocycles. The van der Waals surface area contributed by atoms with E-state index in [9.17, 15) is 4.79 Å². The second-order valence-corrected chi connectivity index (χ2v) is 9.00. The smallest absolute Gasteiger partial charge is 0.228 e. The quantitative estimate of drug-likeness (QED) is 0.488. The number of hydrogen-bond donors (Lipinski definition) is 1. The van der Waals surface area contributed by atoms with Gasteiger partial charge in [-0.15, -0.1) is 10.2 Å². The molecular weight excluding hydrogens is 396 g/mol. The van der Waals surface area contributed by atoms with Gasteiger partial charge in [0.25, 0.3) is 0 Å². The summed E-state index contributed by atoms with van der Waals surface area (Å²) in [5, 5.41) is 14.6. The molecule has 0 saturated heterocycles. The number of carbonyl (C=O) groups excluding carboxylic acids is 1. The van der Waals surface area contributed by atoms with Crippen LogP contribution < -0.4 is 5.32 Å². The lowest BCUT2D eigenvalue weighted by Crippen LogP contribution is -2.16. The number of carbonyl (C=O) groups is 1. The third kappa shape index (κ3) is 3.20. The highest BCUT2D eigenvalue weighted by atomic mass is 16.2. The Balaban J connectivity index is 1.20. The second kappa shape index (κ2) is 7.59. The van der Waals surface area contributed by atoms with Crippen LogP contribution >= 0.6 is 0 Å². The van der Waals surface area contributed by atoms with Crippen LogP contribution in [0.4, 0.5) is 5.69 Å². The van der Waals surface area contributed by atoms with Crippen molar-refractivity contribution in [2.45, 2.75) is 44.6 Å². The van der Waals surface area contributed by atoms with Gasteiger partial charge in [-0.2, -0.15) is 0 Å². The predicted molar refractivity (Wildman–Crippen MR) is 126 cm³/mol. The first-order valence-electron chi connectivity index (χ1n) is 11.5. The number of fused-ring (bicyclic) bond motifs is 2. The van der Waals surface area contributed by atoms with Crippen LogP contribution in [0.15, 0.2) is 66.7 Å². The zero-order valence-corrected chi connectivity index (χ0v) is 18.2. The van der Waals surface area contributed by atoms with E-state index in [-0.39, 0.29) is 17.7 Å². The molecule has 0 unspecified atom stereocenters. The number of benzene rings is 3. The monoisotopic (exact) mass is 422 g/mol. The van der Waals surface area contributed by atoms with Gasteiger partial charge in [0.2, 0.25) is 5.91 Å². The van der Waals surface area contributed by atoms with Crippen LogP contribution in [-0.2, 0) is 24.2 Å². The Hall–Kier alpha value is -3.47. The largest absolute Gasteiger partial charge is 0.325 e. The molecule has 2 aliphatic rings. The molecule has 2 atom stereocenters. The fourth-order valence-corrected chi connectivity index (χ4v) is 5.30. The van der Waals surface area contributed by atoms with E-state index in [1.54, 1.807) is 0 Å². The molecule has 0 bridgehead atoms. The summed E-state index contributed by atoms with van der Waals surface area (Å²) in [6, 6.07) is 22.8. The van der Waals surface area contributed by atoms with Gasteiger partial charge >= 0.3 is 0 Å². The summed E-state index contributed by atoms with van der Waals surface area (Å²) in [5.74, 6) is 2.59. The Bertz CT molecular complexity index is 1290. The summed E-state index contributed by atoms with van der Waals surface area (Å²) < 4.78 is 2.26. The van der Waals surface area contributed by atoms with Gasteiger partial charge in [-0.3, -0.25) is 4.79 Å². The summed E-state index contributed by atoms with van der Waals surface area (Å²) in [5.41, 5.74) is 3.71. The molecular formula is C27H26N4O. The van der Waals surface area contributed by atoms with Crippen LogP contribution in [0.25, 0.3) is 10.8 Å². The average molecular weight is 423 g/mol. The van der Waals surface area contributed by atoms with Gasteiger partial charge in [0.1, 0.15) is 11.6 Å². The zero-order valence-electron chi connectivity index (χ0n) is 18.2. The molecule has 0 aliphatic heterocycles. The normalized spacial score (nSPS) is 19.8. The summed E-state index contributed by atoms with van der Waals surface area (Å²) in [7, 11) is 0. The Morgan fingerprint density at radius 3 is 2.41 bits per heavy atom. The van der Waals surface area contributed by atoms with Crippen molar-refractivity contribution in [3.8, 4) is 0 Å². The van der Waals surface area contributed by atoms with Gasteiger partial charge < -0.3 is 9.88 Å². The Morgan fingerprint density at radius 1 is 0.938 bits per heavy atom. The molecule has 1 N–H and O–H groups in total. The highest BCUT2D eigenvalue weighted by Crippen LogP contribution is 2.48. The molecule has 5 nitrogen and oxygen atoms in total. The van der Waals surface area contributed by atoms with Crippen molar-refractivity contribution in [2.75, 3.05) is 5.32 Å². The average Bonchev–Trinajstić information content (AvgIpc) is 3.32. The molecule has 1 amide bonds. The lowest BCUT2D eigenvalue weighted by Gasteiger charge is -2.12. The van der Waals surface area contributed by atoms with Crippen molar-refractivity contribution >= 4 is 22.4 Å². The van der Waals surface area contributed by atoms with Crippen LogP contribution in [0, 0.1) is 5.92 Å². The lowest BCUT2D eigenvalue weighted by atomic mass is 10.1. The summed E-state index contributed by atoms with van der Waals surface area (Å²) in [6.07, 6.45) is 2.87. The first-order valence-corrected chi connectivity index (χ1v) is 11.5. The van der Waals surface area contributed by atoms with Crippen molar-refractivity contribution in [1.29, 1.82) is 0 Å². The van der Waals surface area contributed by atoms with E-state index in [0.717, 1.165) is 53.9 Å². The van der Waals surface area contributed by atoms with E-state index in [1.807, 2.05) is 24.3 Å². The van der Waals surface area contributed by atoms with Gasteiger partial charge in [0.15, 0.2) is 0 Å². The van der Waals surface area contributed by atoms with Crippen molar-refractivity contribution in [2.24, 2.45) is 5.92 Å². The van der Waals surface area contributed by atoms with Crippen molar-refractivity contribution in [1.82, 2.24) is 14.8 Å². The summed E-state index contributed by atoms with van der Waals surface area (Å²) in [6.45, 7) is 2.98. The number of anilines is 1. The van der Waals surface area contributed by atoms with Crippen molar-refractivity contribution < 1.29 is 4.79 Å². The van der Waals surface area contributed by atoms with Gasteiger partial charge in [-0.1, -0.05) is 60.7 Å². The Morgan fingerprint density at radius 2 is 1.62 bits per heavy atom. The van der Waals surface area contributed by atoms with E-state index in [0.29, 0.717) is 5.92 Å². The third-order valence-corrected chi connectivity index (χ3v) is 7.05. The molecule has 1 heterocycles. The van der Waals surface area contributed by atoms with E-state index in [2.05, 4.69) is 69.5 Å². The van der Waals surface area contributed by atoms with E-state index in [1.165, 1.54) is 11.1 Å². The topological polar surface area (TPSA) is 59.8 Å². The third-order valence-electron chi connectivity index (χ3n) is 7.05. The fourth-order valence-electron chi connectivity index (χ4n) is 5.30. The molecule has 1 aromatic heterocycles. The van der Waals surface area contributed by atoms with Crippen LogP contribution in [0.5, 0.6) is 0 Å². The molecule has 0 radical (unpaired) electrons. The maximum atomic E-state index is 13.0. The maximum absolute atomic E-state index is 13.0. The maximum Gasteiger partial charge on any atom is 0.228 e. The van der Waals surface area contributed by atoms with Gasteiger partial charge in [-0.25, -0.2) is 0 Å². The predicted octanol–water partition coefficient (Wildman–Crippen LogP) is 5.08. The molecule has 6 rings (SSSR count). The van der Waals surface area contributed by atoms with Crippen LogP contribution in [-0.4, -0.2) is 20.7 Å². The van der Waals surface area contributed by atoms with Gasteiger partial charge in [0, 0.05) is 35.4 Å². The first kappa shape index (κ1) is 19.2. The SMILES string of the molecule is CCn1c(C2Cc3ccccc3C2)nnc1[C@H]1C[C@@H]1C(=O)Nc1cccc2ccccc12. The molecule has 5 heteroatoms. The molecule has 4 aromatic rings.